The SMILES string of the molecule is CC(C)(C)OC(=O)CC(N)Sc1ccc2nccn2n1. The van der Waals surface area contributed by atoms with Crippen LogP contribution in [0.1, 0.15) is 27.2 Å². The van der Waals surface area contributed by atoms with Crippen molar-refractivity contribution in [2.75, 3.05) is 0 Å². The second kappa shape index (κ2) is 5.80. The van der Waals surface area contributed by atoms with Crippen LogP contribution in [0.5, 0.6) is 0 Å². The molecular formula is C13H18N4O2S. The van der Waals surface area contributed by atoms with E-state index < -0.39 is 11.0 Å². The van der Waals surface area contributed by atoms with Gasteiger partial charge in [-0.05, 0) is 32.9 Å². The van der Waals surface area contributed by atoms with Gasteiger partial charge in [-0.3, -0.25) is 4.79 Å². The number of ether oxygens (including phenoxy) is 1. The summed E-state index contributed by atoms with van der Waals surface area (Å²) in [7, 11) is 0. The third-order valence-electron chi connectivity index (χ3n) is 2.29. The van der Waals surface area contributed by atoms with E-state index in [4.69, 9.17) is 10.5 Å². The Morgan fingerprint density at radius 1 is 1.50 bits per heavy atom. The summed E-state index contributed by atoms with van der Waals surface area (Å²) >= 11 is 1.33. The molecule has 0 bridgehead atoms. The average molecular weight is 294 g/mol. The van der Waals surface area contributed by atoms with Crippen molar-refractivity contribution in [3.63, 3.8) is 0 Å². The maximum absolute atomic E-state index is 11.7. The van der Waals surface area contributed by atoms with Crippen LogP contribution in [0.15, 0.2) is 29.6 Å². The van der Waals surface area contributed by atoms with E-state index >= 15 is 0 Å². The molecule has 20 heavy (non-hydrogen) atoms. The van der Waals surface area contributed by atoms with Crippen molar-refractivity contribution in [1.29, 1.82) is 0 Å². The highest BCUT2D eigenvalue weighted by Crippen LogP contribution is 2.21. The molecule has 6 nitrogen and oxygen atoms in total. The monoisotopic (exact) mass is 294 g/mol. The summed E-state index contributed by atoms with van der Waals surface area (Å²) in [4.78, 5) is 15.8. The third-order valence-corrected chi connectivity index (χ3v) is 3.22. The van der Waals surface area contributed by atoms with Crippen molar-refractivity contribution in [2.24, 2.45) is 5.73 Å². The fourth-order valence-electron chi connectivity index (χ4n) is 1.60. The summed E-state index contributed by atoms with van der Waals surface area (Å²) < 4.78 is 6.91. The number of nitrogens with zero attached hydrogens (tertiary/aromatic N) is 3. The van der Waals surface area contributed by atoms with E-state index in [9.17, 15) is 4.79 Å². The second-order valence-corrected chi connectivity index (χ2v) is 6.61. The largest absolute Gasteiger partial charge is 0.460 e. The number of thioether (sulfide) groups is 1. The van der Waals surface area contributed by atoms with E-state index in [2.05, 4.69) is 10.1 Å². The van der Waals surface area contributed by atoms with E-state index in [0.717, 1.165) is 10.7 Å². The highest BCUT2D eigenvalue weighted by Gasteiger charge is 2.19. The zero-order valence-electron chi connectivity index (χ0n) is 11.7. The molecule has 2 aromatic rings. The predicted octanol–water partition coefficient (Wildman–Crippen LogP) is 1.84. The lowest BCUT2D eigenvalue weighted by atomic mass is 10.2. The van der Waals surface area contributed by atoms with Crippen molar-refractivity contribution >= 4 is 23.4 Å². The molecule has 0 radical (unpaired) electrons. The van der Waals surface area contributed by atoms with E-state index in [0.29, 0.717) is 0 Å². The molecule has 2 heterocycles. The van der Waals surface area contributed by atoms with Crippen molar-refractivity contribution in [1.82, 2.24) is 14.6 Å². The third kappa shape index (κ3) is 4.21. The summed E-state index contributed by atoms with van der Waals surface area (Å²) in [5.41, 5.74) is 6.22. The first-order chi connectivity index (χ1) is 9.33. The number of nitrogens with two attached hydrogens (primary N) is 1. The quantitative estimate of drug-likeness (QED) is 0.526. The van der Waals surface area contributed by atoms with Gasteiger partial charge in [-0.15, -0.1) is 0 Å². The Balaban J connectivity index is 1.93. The number of rotatable bonds is 4. The fourth-order valence-corrected chi connectivity index (χ4v) is 2.42. The van der Waals surface area contributed by atoms with Gasteiger partial charge in [-0.25, -0.2) is 9.50 Å². The van der Waals surface area contributed by atoms with Crippen LogP contribution in [0, 0.1) is 0 Å². The Morgan fingerprint density at radius 3 is 2.95 bits per heavy atom. The molecule has 0 amide bonds. The molecule has 0 saturated heterocycles. The van der Waals surface area contributed by atoms with Gasteiger partial charge in [0, 0.05) is 12.4 Å². The highest BCUT2D eigenvalue weighted by atomic mass is 32.2. The molecule has 2 N–H and O–H groups in total. The summed E-state index contributed by atoms with van der Waals surface area (Å²) in [6.45, 7) is 5.49. The Labute approximate surface area is 121 Å². The Kier molecular flexibility index (Phi) is 4.29. The Morgan fingerprint density at radius 2 is 2.25 bits per heavy atom. The van der Waals surface area contributed by atoms with Gasteiger partial charge in [0.05, 0.1) is 11.8 Å². The Hall–Kier alpha value is -1.60. The van der Waals surface area contributed by atoms with Crippen LogP contribution >= 0.6 is 11.8 Å². The number of aromatic nitrogens is 3. The first kappa shape index (κ1) is 14.8. The molecule has 0 aliphatic rings. The molecule has 7 heteroatoms. The maximum Gasteiger partial charge on any atom is 0.308 e. The lowest BCUT2D eigenvalue weighted by Gasteiger charge is -2.20. The van der Waals surface area contributed by atoms with Gasteiger partial charge in [-0.2, -0.15) is 5.10 Å². The van der Waals surface area contributed by atoms with Gasteiger partial charge >= 0.3 is 5.97 Å². The summed E-state index contributed by atoms with van der Waals surface area (Å²) in [6, 6.07) is 3.69. The molecule has 0 aliphatic heterocycles. The summed E-state index contributed by atoms with van der Waals surface area (Å²) in [5.74, 6) is -0.304. The van der Waals surface area contributed by atoms with Gasteiger partial charge in [0.2, 0.25) is 0 Å². The average Bonchev–Trinajstić information content (AvgIpc) is 2.72. The lowest BCUT2D eigenvalue weighted by molar-refractivity contribution is -0.154. The molecule has 0 saturated carbocycles. The van der Waals surface area contributed by atoms with Crippen LogP contribution in [-0.4, -0.2) is 31.5 Å². The number of imidazole rings is 1. The Bertz CT molecular complexity index is 606. The maximum atomic E-state index is 11.7. The van der Waals surface area contributed by atoms with Crippen molar-refractivity contribution in [3.8, 4) is 0 Å². The summed E-state index contributed by atoms with van der Waals surface area (Å²) in [5, 5.41) is 4.69. The molecule has 108 valence electrons. The highest BCUT2D eigenvalue weighted by molar-refractivity contribution is 7.99. The number of carbonyl (C=O) groups excluding carboxylic acids is 1. The van der Waals surface area contributed by atoms with E-state index in [-0.39, 0.29) is 12.4 Å². The molecule has 0 fully saturated rings. The number of hydrogen-bond donors (Lipinski definition) is 1. The van der Waals surface area contributed by atoms with Gasteiger partial charge in [0.1, 0.15) is 10.6 Å². The molecule has 0 aromatic carbocycles. The number of hydrogen-bond acceptors (Lipinski definition) is 6. The topological polar surface area (TPSA) is 82.5 Å². The molecule has 1 atom stereocenters. The van der Waals surface area contributed by atoms with Gasteiger partial charge < -0.3 is 10.5 Å². The lowest BCUT2D eigenvalue weighted by Crippen LogP contribution is -2.28. The van der Waals surface area contributed by atoms with Crippen LogP contribution < -0.4 is 5.73 Å². The molecule has 0 aliphatic carbocycles. The molecule has 2 aromatic heterocycles. The molecular weight excluding hydrogens is 276 g/mol. The second-order valence-electron chi connectivity index (χ2n) is 5.35. The first-order valence-electron chi connectivity index (χ1n) is 6.28. The molecule has 2 rings (SSSR count). The number of carbonyl (C=O) groups is 1. The number of fused-ring (bicyclic) bond motifs is 1. The minimum absolute atomic E-state index is 0.144. The summed E-state index contributed by atoms with van der Waals surface area (Å²) in [6.07, 6.45) is 3.59. The van der Waals surface area contributed by atoms with Crippen LogP contribution in [0.25, 0.3) is 5.65 Å². The minimum atomic E-state index is -0.491. The van der Waals surface area contributed by atoms with Crippen LogP contribution in [0.3, 0.4) is 0 Å². The van der Waals surface area contributed by atoms with Crippen molar-refractivity contribution < 1.29 is 9.53 Å². The number of esters is 1. The standard InChI is InChI=1S/C13H18N4O2S/c1-13(2,3)19-12(18)8-9(14)20-11-5-4-10-15-6-7-17(10)16-11/h4-7,9H,8,14H2,1-3H3. The molecule has 1 unspecified atom stereocenters. The zero-order chi connectivity index (χ0) is 14.8. The first-order valence-corrected chi connectivity index (χ1v) is 7.16. The smallest absolute Gasteiger partial charge is 0.308 e. The van der Waals surface area contributed by atoms with Crippen molar-refractivity contribution in [3.05, 3.63) is 24.5 Å². The minimum Gasteiger partial charge on any atom is -0.460 e. The van der Waals surface area contributed by atoms with Gasteiger partial charge in [0.25, 0.3) is 0 Å². The van der Waals surface area contributed by atoms with E-state index in [1.807, 2.05) is 32.9 Å². The van der Waals surface area contributed by atoms with E-state index in [1.54, 1.807) is 16.9 Å². The predicted molar refractivity (Wildman–Crippen MR) is 77.3 cm³/mol. The molecule has 0 spiro atoms. The zero-order valence-corrected chi connectivity index (χ0v) is 12.6. The fraction of sp³-hybridized carbons (Fsp3) is 0.462. The van der Waals surface area contributed by atoms with Gasteiger partial charge in [-0.1, -0.05) is 11.8 Å². The van der Waals surface area contributed by atoms with Crippen molar-refractivity contribution in [2.45, 2.75) is 43.2 Å². The van der Waals surface area contributed by atoms with Crippen LogP contribution in [0.4, 0.5) is 0 Å². The van der Waals surface area contributed by atoms with E-state index in [1.165, 1.54) is 11.8 Å². The normalized spacial score (nSPS) is 13.4. The van der Waals surface area contributed by atoms with Crippen LogP contribution in [0.2, 0.25) is 0 Å². The van der Waals surface area contributed by atoms with Crippen LogP contribution in [-0.2, 0) is 9.53 Å². The van der Waals surface area contributed by atoms with Gasteiger partial charge in [0.15, 0.2) is 5.65 Å².